The van der Waals surface area contributed by atoms with Crippen molar-refractivity contribution in [3.05, 3.63) is 24.0 Å². The fourth-order valence-electron chi connectivity index (χ4n) is 3.05. The molecular weight excluding hydrogens is 224 g/mol. The van der Waals surface area contributed by atoms with Crippen molar-refractivity contribution in [2.45, 2.75) is 38.3 Å². The maximum absolute atomic E-state index is 4.20. The van der Waals surface area contributed by atoms with Crippen molar-refractivity contribution in [3.8, 4) is 0 Å². The molecule has 0 spiro atoms. The van der Waals surface area contributed by atoms with Crippen LogP contribution >= 0.6 is 0 Å². The van der Waals surface area contributed by atoms with E-state index in [-0.39, 0.29) is 0 Å². The standard InChI is InChI=1S/C14H22N4/c1-14(12-5-6-12)11-18(9-3-7-15-14)10-13-4-2-8-16-17-13/h2,4,8,12,15H,3,5-7,9-11H2,1H3. The molecule has 2 heterocycles. The van der Waals surface area contributed by atoms with Gasteiger partial charge in [-0.15, -0.1) is 0 Å². The monoisotopic (exact) mass is 246 g/mol. The van der Waals surface area contributed by atoms with Gasteiger partial charge in [0.1, 0.15) is 0 Å². The third kappa shape index (κ3) is 2.70. The Morgan fingerprint density at radius 3 is 3.11 bits per heavy atom. The molecule has 4 nitrogen and oxygen atoms in total. The predicted molar refractivity (Wildman–Crippen MR) is 71.1 cm³/mol. The normalized spacial score (nSPS) is 30.1. The highest BCUT2D eigenvalue weighted by atomic mass is 15.2. The quantitative estimate of drug-likeness (QED) is 0.876. The average molecular weight is 246 g/mol. The summed E-state index contributed by atoms with van der Waals surface area (Å²) in [7, 11) is 0. The van der Waals surface area contributed by atoms with Crippen LogP contribution in [0.3, 0.4) is 0 Å². The van der Waals surface area contributed by atoms with Crippen molar-refractivity contribution in [1.82, 2.24) is 20.4 Å². The summed E-state index contributed by atoms with van der Waals surface area (Å²) in [5.41, 5.74) is 1.39. The summed E-state index contributed by atoms with van der Waals surface area (Å²) in [4.78, 5) is 2.53. The molecule has 98 valence electrons. The summed E-state index contributed by atoms with van der Waals surface area (Å²) >= 11 is 0. The van der Waals surface area contributed by atoms with Crippen LogP contribution in [0.4, 0.5) is 0 Å². The minimum Gasteiger partial charge on any atom is -0.310 e. The zero-order chi connectivity index (χ0) is 12.4. The lowest BCUT2D eigenvalue weighted by atomic mass is 9.95. The van der Waals surface area contributed by atoms with E-state index in [0.717, 1.165) is 37.8 Å². The third-order valence-electron chi connectivity index (χ3n) is 4.22. The summed E-state index contributed by atoms with van der Waals surface area (Å²) in [6.45, 7) is 6.75. The van der Waals surface area contributed by atoms with E-state index < -0.39 is 0 Å². The minimum absolute atomic E-state index is 0.304. The first-order valence-electron chi connectivity index (χ1n) is 7.00. The van der Waals surface area contributed by atoms with Gasteiger partial charge in [-0.2, -0.15) is 10.2 Å². The van der Waals surface area contributed by atoms with Gasteiger partial charge < -0.3 is 5.32 Å². The van der Waals surface area contributed by atoms with Gasteiger partial charge in [0.15, 0.2) is 0 Å². The van der Waals surface area contributed by atoms with Gasteiger partial charge in [0.25, 0.3) is 0 Å². The Morgan fingerprint density at radius 2 is 2.39 bits per heavy atom. The number of hydrogen-bond donors (Lipinski definition) is 1. The van der Waals surface area contributed by atoms with E-state index >= 15 is 0 Å². The van der Waals surface area contributed by atoms with Gasteiger partial charge in [-0.05, 0) is 57.3 Å². The van der Waals surface area contributed by atoms with E-state index in [1.807, 2.05) is 6.07 Å². The molecule has 2 aliphatic rings. The van der Waals surface area contributed by atoms with Crippen LogP contribution in [0.25, 0.3) is 0 Å². The van der Waals surface area contributed by atoms with Gasteiger partial charge in [-0.3, -0.25) is 4.90 Å². The molecule has 0 amide bonds. The fraction of sp³-hybridized carbons (Fsp3) is 0.714. The van der Waals surface area contributed by atoms with Gasteiger partial charge in [0.05, 0.1) is 5.69 Å². The molecule has 1 N–H and O–H groups in total. The van der Waals surface area contributed by atoms with Crippen LogP contribution in [0.2, 0.25) is 0 Å². The van der Waals surface area contributed by atoms with Crippen LogP contribution < -0.4 is 5.32 Å². The van der Waals surface area contributed by atoms with E-state index in [4.69, 9.17) is 0 Å². The van der Waals surface area contributed by atoms with E-state index in [9.17, 15) is 0 Å². The van der Waals surface area contributed by atoms with E-state index in [1.165, 1.54) is 19.3 Å². The molecule has 1 saturated heterocycles. The second-order valence-corrected chi connectivity index (χ2v) is 5.90. The lowest BCUT2D eigenvalue weighted by Gasteiger charge is -2.33. The molecular formula is C14H22N4. The molecule has 4 heteroatoms. The first kappa shape index (κ1) is 12.1. The fourth-order valence-corrected chi connectivity index (χ4v) is 3.05. The topological polar surface area (TPSA) is 41.1 Å². The van der Waals surface area contributed by atoms with Crippen LogP contribution in [-0.4, -0.2) is 40.3 Å². The largest absolute Gasteiger partial charge is 0.310 e. The van der Waals surface area contributed by atoms with Crippen molar-refractivity contribution in [1.29, 1.82) is 0 Å². The highest BCUT2D eigenvalue weighted by Gasteiger charge is 2.42. The molecule has 18 heavy (non-hydrogen) atoms. The Labute approximate surface area is 109 Å². The molecule has 0 radical (unpaired) electrons. The Morgan fingerprint density at radius 1 is 1.50 bits per heavy atom. The summed E-state index contributed by atoms with van der Waals surface area (Å²) in [6.07, 6.45) is 5.75. The summed E-state index contributed by atoms with van der Waals surface area (Å²) in [5, 5.41) is 11.9. The second kappa shape index (κ2) is 4.94. The zero-order valence-corrected chi connectivity index (χ0v) is 11.1. The molecule has 1 saturated carbocycles. The molecule has 1 unspecified atom stereocenters. The third-order valence-corrected chi connectivity index (χ3v) is 4.22. The summed E-state index contributed by atoms with van der Waals surface area (Å²) in [5.74, 6) is 0.875. The van der Waals surface area contributed by atoms with Crippen LogP contribution in [0.15, 0.2) is 18.3 Å². The smallest absolute Gasteiger partial charge is 0.0771 e. The van der Waals surface area contributed by atoms with Crippen LogP contribution in [0.1, 0.15) is 31.9 Å². The summed E-state index contributed by atoms with van der Waals surface area (Å²) in [6, 6.07) is 4.04. The zero-order valence-electron chi connectivity index (χ0n) is 11.1. The SMILES string of the molecule is CC1(C2CC2)CN(Cc2cccnn2)CCCN1. The minimum atomic E-state index is 0.304. The van der Waals surface area contributed by atoms with Crippen LogP contribution in [-0.2, 0) is 6.54 Å². The number of aromatic nitrogens is 2. The number of nitrogens with one attached hydrogen (secondary N) is 1. The van der Waals surface area contributed by atoms with Gasteiger partial charge >= 0.3 is 0 Å². The van der Waals surface area contributed by atoms with Gasteiger partial charge in [0, 0.05) is 24.8 Å². The van der Waals surface area contributed by atoms with Gasteiger partial charge in [0.2, 0.25) is 0 Å². The Hall–Kier alpha value is -1.00. The van der Waals surface area contributed by atoms with Gasteiger partial charge in [-0.1, -0.05) is 0 Å². The van der Waals surface area contributed by atoms with Crippen molar-refractivity contribution in [2.24, 2.45) is 5.92 Å². The molecule has 0 aromatic carbocycles. The van der Waals surface area contributed by atoms with Crippen LogP contribution in [0, 0.1) is 5.92 Å². The van der Waals surface area contributed by atoms with E-state index in [1.54, 1.807) is 6.20 Å². The Kier molecular flexibility index (Phi) is 3.31. The molecule has 3 rings (SSSR count). The van der Waals surface area contributed by atoms with Crippen molar-refractivity contribution in [2.75, 3.05) is 19.6 Å². The van der Waals surface area contributed by atoms with E-state index in [0.29, 0.717) is 5.54 Å². The maximum atomic E-state index is 4.20. The Balaban J connectivity index is 1.67. The average Bonchev–Trinajstić information content (AvgIpc) is 3.19. The molecule has 2 fully saturated rings. The molecule has 0 bridgehead atoms. The van der Waals surface area contributed by atoms with Gasteiger partial charge in [-0.25, -0.2) is 0 Å². The molecule has 1 atom stereocenters. The highest BCUT2D eigenvalue weighted by Crippen LogP contribution is 2.40. The molecule has 1 aromatic rings. The first-order chi connectivity index (χ1) is 8.76. The van der Waals surface area contributed by atoms with Crippen molar-refractivity contribution in [3.63, 3.8) is 0 Å². The Bertz CT molecular complexity index is 390. The lowest BCUT2D eigenvalue weighted by Crippen LogP contribution is -2.50. The maximum Gasteiger partial charge on any atom is 0.0771 e. The molecule has 1 aliphatic heterocycles. The summed E-state index contributed by atoms with van der Waals surface area (Å²) < 4.78 is 0. The van der Waals surface area contributed by atoms with Crippen molar-refractivity contribution >= 4 is 0 Å². The van der Waals surface area contributed by atoms with Crippen molar-refractivity contribution < 1.29 is 0 Å². The lowest BCUT2D eigenvalue weighted by molar-refractivity contribution is 0.193. The van der Waals surface area contributed by atoms with Crippen LogP contribution in [0.5, 0.6) is 0 Å². The number of nitrogens with zero attached hydrogens (tertiary/aromatic N) is 3. The van der Waals surface area contributed by atoms with E-state index in [2.05, 4.69) is 33.4 Å². The molecule has 1 aromatic heterocycles. The number of hydrogen-bond acceptors (Lipinski definition) is 4. The second-order valence-electron chi connectivity index (χ2n) is 5.90. The predicted octanol–water partition coefficient (Wildman–Crippen LogP) is 1.44. The number of rotatable bonds is 3. The highest BCUT2D eigenvalue weighted by molar-refractivity contribution is 5.03. The molecule has 1 aliphatic carbocycles. The first-order valence-corrected chi connectivity index (χ1v) is 7.00.